The first-order valence-corrected chi connectivity index (χ1v) is 10.4. The molecule has 2 heterocycles. The average Bonchev–Trinajstić information content (AvgIpc) is 2.92. The Morgan fingerprint density at radius 3 is 2.40 bits per heavy atom. The fraction of sp³-hybridized carbons (Fsp3) is 0.522. The van der Waals surface area contributed by atoms with E-state index in [1.807, 2.05) is 51.1 Å². The van der Waals surface area contributed by atoms with E-state index >= 15 is 0 Å². The van der Waals surface area contributed by atoms with Crippen molar-refractivity contribution in [1.29, 1.82) is 0 Å². The maximum absolute atomic E-state index is 13.4. The summed E-state index contributed by atoms with van der Waals surface area (Å²) in [6.07, 6.45) is 0.991. The van der Waals surface area contributed by atoms with E-state index in [4.69, 9.17) is 4.98 Å². The molecule has 1 aliphatic rings. The van der Waals surface area contributed by atoms with E-state index < -0.39 is 11.5 Å². The molecule has 7 nitrogen and oxygen atoms in total. The van der Waals surface area contributed by atoms with Crippen molar-refractivity contribution in [3.8, 4) is 11.4 Å². The second-order valence-electron chi connectivity index (χ2n) is 9.34. The van der Waals surface area contributed by atoms with Crippen LogP contribution in [0.25, 0.3) is 11.4 Å². The summed E-state index contributed by atoms with van der Waals surface area (Å²) >= 11 is 0. The molecule has 1 aliphatic heterocycles. The van der Waals surface area contributed by atoms with Crippen molar-refractivity contribution in [2.24, 2.45) is 5.41 Å². The number of hydrogen-bond donors (Lipinski definition) is 1. The van der Waals surface area contributed by atoms with Crippen molar-refractivity contribution in [1.82, 2.24) is 24.7 Å². The molecule has 1 unspecified atom stereocenters. The van der Waals surface area contributed by atoms with Crippen LogP contribution in [-0.4, -0.2) is 64.9 Å². The minimum Gasteiger partial charge on any atom is -0.347 e. The number of aromatic nitrogens is 2. The molecular weight excluding hydrogens is 378 g/mol. The van der Waals surface area contributed by atoms with Gasteiger partial charge in [-0.15, -0.1) is 0 Å². The number of hydrogen-bond acceptors (Lipinski definition) is 4. The number of carbonyl (C=O) groups is 2. The molecular formula is C23H33N5O2. The Kier molecular flexibility index (Phi) is 6.31. The molecule has 0 saturated heterocycles. The van der Waals surface area contributed by atoms with E-state index in [0.717, 1.165) is 36.6 Å². The van der Waals surface area contributed by atoms with Crippen molar-refractivity contribution < 1.29 is 9.59 Å². The van der Waals surface area contributed by atoms with E-state index in [1.165, 1.54) is 4.90 Å². The van der Waals surface area contributed by atoms with Gasteiger partial charge in [-0.1, -0.05) is 51.1 Å². The Morgan fingerprint density at radius 1 is 1.13 bits per heavy atom. The summed E-state index contributed by atoms with van der Waals surface area (Å²) in [6, 6.07) is 9.31. The number of likely N-dealkylation sites (N-methyl/N-ethyl adjacent to an activating group) is 1. The van der Waals surface area contributed by atoms with Gasteiger partial charge in [0.1, 0.15) is 11.9 Å². The average molecular weight is 412 g/mol. The topological polar surface area (TPSA) is 70.5 Å². The minimum absolute atomic E-state index is 0.124. The van der Waals surface area contributed by atoms with Gasteiger partial charge in [0.15, 0.2) is 5.69 Å². The highest BCUT2D eigenvalue weighted by molar-refractivity contribution is 5.97. The summed E-state index contributed by atoms with van der Waals surface area (Å²) in [7, 11) is 5.47. The molecule has 7 heteroatoms. The lowest BCUT2D eigenvalue weighted by Crippen LogP contribution is -2.53. The highest BCUT2D eigenvalue weighted by Gasteiger charge is 2.35. The van der Waals surface area contributed by atoms with Gasteiger partial charge >= 0.3 is 0 Å². The largest absolute Gasteiger partial charge is 0.347 e. The summed E-state index contributed by atoms with van der Waals surface area (Å²) in [5.41, 5.74) is 1.87. The molecule has 2 amide bonds. The second-order valence-corrected chi connectivity index (χ2v) is 9.34. The van der Waals surface area contributed by atoms with Crippen LogP contribution >= 0.6 is 0 Å². The van der Waals surface area contributed by atoms with Crippen LogP contribution in [0.3, 0.4) is 0 Å². The number of imidazole rings is 1. The molecule has 2 aromatic rings. The van der Waals surface area contributed by atoms with Gasteiger partial charge in [0.2, 0.25) is 5.91 Å². The fourth-order valence-electron chi connectivity index (χ4n) is 3.82. The summed E-state index contributed by atoms with van der Waals surface area (Å²) in [5.74, 6) is 0.380. The summed E-state index contributed by atoms with van der Waals surface area (Å²) in [4.78, 5) is 34.6. The van der Waals surface area contributed by atoms with E-state index in [-0.39, 0.29) is 11.8 Å². The SMILES string of the molecule is CN1CCCn2c(-c3ccccc3)nc(C(=O)NC(C(=O)N(C)C)C(C)(C)C)c2C1. The number of rotatable bonds is 4. The normalized spacial score (nSPS) is 15.8. The van der Waals surface area contributed by atoms with Crippen molar-refractivity contribution >= 4 is 11.8 Å². The predicted octanol–water partition coefficient (Wildman–Crippen LogP) is 2.62. The quantitative estimate of drug-likeness (QED) is 0.840. The maximum atomic E-state index is 13.4. The van der Waals surface area contributed by atoms with Crippen molar-refractivity contribution in [3.63, 3.8) is 0 Å². The Hall–Kier alpha value is -2.67. The summed E-state index contributed by atoms with van der Waals surface area (Å²) in [5, 5.41) is 2.98. The van der Waals surface area contributed by atoms with Crippen LogP contribution in [-0.2, 0) is 17.9 Å². The first kappa shape index (κ1) is 22.0. The van der Waals surface area contributed by atoms with Gasteiger partial charge in [-0.2, -0.15) is 0 Å². The van der Waals surface area contributed by atoms with E-state index in [9.17, 15) is 9.59 Å². The zero-order chi connectivity index (χ0) is 22.1. The Bertz CT molecular complexity index is 912. The first-order chi connectivity index (χ1) is 14.1. The molecule has 30 heavy (non-hydrogen) atoms. The van der Waals surface area contributed by atoms with Gasteiger partial charge < -0.3 is 19.7 Å². The third-order valence-electron chi connectivity index (χ3n) is 5.49. The molecule has 1 aromatic heterocycles. The number of carbonyl (C=O) groups excluding carboxylic acids is 2. The van der Waals surface area contributed by atoms with Crippen LogP contribution in [0.15, 0.2) is 30.3 Å². The number of benzene rings is 1. The zero-order valence-electron chi connectivity index (χ0n) is 18.9. The smallest absolute Gasteiger partial charge is 0.272 e. The predicted molar refractivity (Wildman–Crippen MR) is 118 cm³/mol. The van der Waals surface area contributed by atoms with Crippen LogP contribution in [0.4, 0.5) is 0 Å². The molecule has 3 rings (SSSR count). The summed E-state index contributed by atoms with van der Waals surface area (Å²) in [6.45, 7) is 8.28. The molecule has 0 radical (unpaired) electrons. The van der Waals surface area contributed by atoms with E-state index in [0.29, 0.717) is 12.2 Å². The van der Waals surface area contributed by atoms with Gasteiger partial charge in [-0.25, -0.2) is 4.98 Å². The Labute approximate surface area is 179 Å². The lowest BCUT2D eigenvalue weighted by molar-refractivity contribution is -0.133. The van der Waals surface area contributed by atoms with Crippen LogP contribution in [0.1, 0.15) is 43.4 Å². The van der Waals surface area contributed by atoms with E-state index in [2.05, 4.69) is 21.8 Å². The molecule has 0 fully saturated rings. The lowest BCUT2D eigenvalue weighted by Gasteiger charge is -2.32. The molecule has 162 valence electrons. The third kappa shape index (κ3) is 4.56. The van der Waals surface area contributed by atoms with Crippen LogP contribution in [0, 0.1) is 5.41 Å². The fourth-order valence-corrected chi connectivity index (χ4v) is 3.82. The van der Waals surface area contributed by atoms with Crippen LogP contribution in [0.5, 0.6) is 0 Å². The number of amides is 2. The highest BCUT2D eigenvalue weighted by atomic mass is 16.2. The number of fused-ring (bicyclic) bond motifs is 1. The molecule has 0 saturated carbocycles. The van der Waals surface area contributed by atoms with Crippen molar-refractivity contribution in [2.45, 2.75) is 46.3 Å². The third-order valence-corrected chi connectivity index (χ3v) is 5.49. The molecule has 1 aromatic carbocycles. The summed E-state index contributed by atoms with van der Waals surface area (Å²) < 4.78 is 2.16. The number of nitrogens with one attached hydrogen (secondary N) is 1. The second kappa shape index (κ2) is 8.60. The Morgan fingerprint density at radius 2 is 1.80 bits per heavy atom. The molecule has 1 atom stereocenters. The van der Waals surface area contributed by atoms with Gasteiger partial charge in [0, 0.05) is 32.7 Å². The molecule has 0 aliphatic carbocycles. The van der Waals surface area contributed by atoms with Crippen LogP contribution in [0.2, 0.25) is 0 Å². The minimum atomic E-state index is -0.638. The zero-order valence-corrected chi connectivity index (χ0v) is 18.9. The van der Waals surface area contributed by atoms with Gasteiger partial charge in [-0.05, 0) is 25.4 Å². The monoisotopic (exact) mass is 411 g/mol. The standard InChI is InChI=1S/C23H33N5O2/c1-23(2,3)19(22(30)26(4)5)25-21(29)18-17-15-27(6)13-10-14-28(17)20(24-18)16-11-8-7-9-12-16/h7-9,11-12,19H,10,13-15H2,1-6H3,(H,25,29). The molecule has 1 N–H and O–H groups in total. The van der Waals surface area contributed by atoms with Gasteiger partial charge in [0.25, 0.3) is 5.91 Å². The highest BCUT2D eigenvalue weighted by Crippen LogP contribution is 2.27. The van der Waals surface area contributed by atoms with Gasteiger partial charge in [-0.3, -0.25) is 9.59 Å². The molecule has 0 spiro atoms. The number of nitrogens with zero attached hydrogens (tertiary/aromatic N) is 4. The maximum Gasteiger partial charge on any atom is 0.272 e. The van der Waals surface area contributed by atoms with Gasteiger partial charge in [0.05, 0.1) is 5.69 Å². The van der Waals surface area contributed by atoms with Crippen molar-refractivity contribution in [3.05, 3.63) is 41.7 Å². The van der Waals surface area contributed by atoms with E-state index in [1.54, 1.807) is 14.1 Å². The Balaban J connectivity index is 2.03. The molecule has 0 bridgehead atoms. The van der Waals surface area contributed by atoms with Crippen LogP contribution < -0.4 is 5.32 Å². The van der Waals surface area contributed by atoms with Crippen molar-refractivity contribution in [2.75, 3.05) is 27.7 Å². The first-order valence-electron chi connectivity index (χ1n) is 10.4. The lowest BCUT2D eigenvalue weighted by atomic mass is 9.85.